The van der Waals surface area contributed by atoms with Gasteiger partial charge in [-0.3, -0.25) is 4.79 Å². The fourth-order valence-corrected chi connectivity index (χ4v) is 3.35. The molecule has 5 heteroatoms. The molecule has 3 aromatic rings. The smallest absolute Gasteiger partial charge is 0.318 e. The highest BCUT2D eigenvalue weighted by molar-refractivity contribution is 6.03. The molecule has 1 atom stereocenters. The van der Waals surface area contributed by atoms with Crippen molar-refractivity contribution >= 4 is 28.4 Å². The number of rotatable bonds is 6. The summed E-state index contributed by atoms with van der Waals surface area (Å²) in [5.74, 6) is -0.0147. The van der Waals surface area contributed by atoms with Crippen molar-refractivity contribution in [1.29, 1.82) is 0 Å². The molecule has 0 bridgehead atoms. The molecule has 0 heterocycles. The second kappa shape index (κ2) is 9.24. The number of nitrogens with one attached hydrogen (secondary N) is 2. The van der Waals surface area contributed by atoms with Gasteiger partial charge in [0.25, 0.3) is 0 Å². The van der Waals surface area contributed by atoms with Gasteiger partial charge >= 0.3 is 6.03 Å². The molecule has 0 spiro atoms. The molecule has 0 saturated heterocycles. The van der Waals surface area contributed by atoms with E-state index >= 15 is 0 Å². The van der Waals surface area contributed by atoms with E-state index < -0.39 is 0 Å². The Balaban J connectivity index is 1.63. The van der Waals surface area contributed by atoms with Crippen molar-refractivity contribution in [3.05, 3.63) is 78.4 Å². The van der Waals surface area contributed by atoms with Gasteiger partial charge in [-0.15, -0.1) is 0 Å². The topological polar surface area (TPSA) is 61.4 Å². The quantitative estimate of drug-likeness (QED) is 0.635. The average Bonchev–Trinajstić information content (AvgIpc) is 2.72. The van der Waals surface area contributed by atoms with Crippen LogP contribution in [0.3, 0.4) is 0 Å². The van der Waals surface area contributed by atoms with E-state index in [-0.39, 0.29) is 30.4 Å². The minimum absolute atomic E-state index is 0.0331. The monoisotopic (exact) mass is 389 g/mol. The van der Waals surface area contributed by atoms with Crippen molar-refractivity contribution in [2.45, 2.75) is 19.9 Å². The average molecular weight is 389 g/mol. The first-order valence-electron chi connectivity index (χ1n) is 9.80. The van der Waals surface area contributed by atoms with Crippen molar-refractivity contribution in [3.8, 4) is 0 Å². The van der Waals surface area contributed by atoms with E-state index in [9.17, 15) is 9.59 Å². The molecule has 5 nitrogen and oxygen atoms in total. The summed E-state index contributed by atoms with van der Waals surface area (Å²) < 4.78 is 0. The van der Waals surface area contributed by atoms with E-state index in [1.165, 1.54) is 4.90 Å². The molecule has 1 unspecified atom stereocenters. The molecular formula is C24H27N3O2. The largest absolute Gasteiger partial charge is 0.331 e. The molecule has 0 radical (unpaired) electrons. The van der Waals surface area contributed by atoms with Crippen molar-refractivity contribution in [2.24, 2.45) is 5.92 Å². The number of fused-ring (bicyclic) bond motifs is 1. The lowest BCUT2D eigenvalue weighted by atomic mass is 9.96. The number of urea groups is 1. The van der Waals surface area contributed by atoms with Gasteiger partial charge in [-0.2, -0.15) is 0 Å². The van der Waals surface area contributed by atoms with Crippen molar-refractivity contribution in [1.82, 2.24) is 10.2 Å². The fraction of sp³-hybridized carbons (Fsp3) is 0.250. The SMILES string of the molecule is CC(C)C(NC(=O)N(C)CC(=O)Nc1cccc2ccccc12)c1ccccc1. The molecule has 0 fully saturated rings. The van der Waals surface area contributed by atoms with E-state index in [0.717, 1.165) is 22.0 Å². The van der Waals surface area contributed by atoms with Gasteiger partial charge in [0.05, 0.1) is 6.04 Å². The highest BCUT2D eigenvalue weighted by Crippen LogP contribution is 2.23. The zero-order valence-electron chi connectivity index (χ0n) is 17.1. The molecule has 150 valence electrons. The second-order valence-corrected chi connectivity index (χ2v) is 7.51. The molecule has 0 aliphatic rings. The fourth-order valence-electron chi connectivity index (χ4n) is 3.35. The molecule has 0 aliphatic carbocycles. The van der Waals surface area contributed by atoms with Crippen LogP contribution in [0.5, 0.6) is 0 Å². The Morgan fingerprint density at radius 3 is 2.28 bits per heavy atom. The number of anilines is 1. The van der Waals surface area contributed by atoms with Gasteiger partial charge < -0.3 is 15.5 Å². The third-order valence-electron chi connectivity index (χ3n) is 4.90. The maximum Gasteiger partial charge on any atom is 0.318 e. The first-order chi connectivity index (χ1) is 14.0. The van der Waals surface area contributed by atoms with E-state index in [4.69, 9.17) is 0 Å². The van der Waals surface area contributed by atoms with Gasteiger partial charge in [-0.25, -0.2) is 4.79 Å². The lowest BCUT2D eigenvalue weighted by Crippen LogP contribution is -2.44. The number of hydrogen-bond acceptors (Lipinski definition) is 2. The second-order valence-electron chi connectivity index (χ2n) is 7.51. The Bertz CT molecular complexity index is 980. The van der Waals surface area contributed by atoms with Crippen LogP contribution < -0.4 is 10.6 Å². The summed E-state index contributed by atoms with van der Waals surface area (Å²) in [6.45, 7) is 4.09. The van der Waals surface area contributed by atoms with Crippen LogP contribution in [0.15, 0.2) is 72.8 Å². The third-order valence-corrected chi connectivity index (χ3v) is 4.90. The zero-order chi connectivity index (χ0) is 20.8. The van der Waals surface area contributed by atoms with Gasteiger partial charge in [-0.1, -0.05) is 80.6 Å². The Hall–Kier alpha value is -3.34. The van der Waals surface area contributed by atoms with Crippen molar-refractivity contribution in [3.63, 3.8) is 0 Å². The van der Waals surface area contributed by atoms with Crippen LogP contribution in [-0.2, 0) is 4.79 Å². The number of likely N-dealkylation sites (N-methyl/N-ethyl adjacent to an activating group) is 1. The van der Waals surface area contributed by atoms with Crippen LogP contribution in [-0.4, -0.2) is 30.4 Å². The summed E-state index contributed by atoms with van der Waals surface area (Å²) in [5.41, 5.74) is 1.79. The summed E-state index contributed by atoms with van der Waals surface area (Å²) in [6, 6.07) is 23.1. The zero-order valence-corrected chi connectivity index (χ0v) is 17.1. The molecule has 3 amide bonds. The number of hydrogen-bond donors (Lipinski definition) is 2. The van der Waals surface area contributed by atoms with Crippen LogP contribution in [0.4, 0.5) is 10.5 Å². The highest BCUT2D eigenvalue weighted by Gasteiger charge is 2.21. The minimum atomic E-state index is -0.277. The van der Waals surface area contributed by atoms with E-state index in [0.29, 0.717) is 0 Å². The van der Waals surface area contributed by atoms with Crippen LogP contribution in [0, 0.1) is 5.92 Å². The predicted octanol–water partition coefficient (Wildman–Crippen LogP) is 4.82. The number of carbonyl (C=O) groups excluding carboxylic acids is 2. The molecule has 2 N–H and O–H groups in total. The highest BCUT2D eigenvalue weighted by atomic mass is 16.2. The first-order valence-corrected chi connectivity index (χ1v) is 9.80. The summed E-state index contributed by atoms with van der Waals surface area (Å²) in [6.07, 6.45) is 0. The van der Waals surface area contributed by atoms with Gasteiger partial charge in [0.1, 0.15) is 6.54 Å². The van der Waals surface area contributed by atoms with Crippen LogP contribution in [0.1, 0.15) is 25.5 Å². The molecular weight excluding hydrogens is 362 g/mol. The van der Waals surface area contributed by atoms with Gasteiger partial charge in [-0.05, 0) is 22.9 Å². The molecule has 29 heavy (non-hydrogen) atoms. The molecule has 0 saturated carbocycles. The molecule has 0 aliphatic heterocycles. The maximum atomic E-state index is 12.7. The summed E-state index contributed by atoms with van der Waals surface area (Å²) in [4.78, 5) is 26.6. The van der Waals surface area contributed by atoms with E-state index in [1.807, 2.05) is 72.8 Å². The summed E-state index contributed by atoms with van der Waals surface area (Å²) >= 11 is 0. The number of nitrogens with zero attached hydrogens (tertiary/aromatic N) is 1. The normalized spacial score (nSPS) is 11.9. The number of carbonyl (C=O) groups is 2. The van der Waals surface area contributed by atoms with Crippen LogP contribution >= 0.6 is 0 Å². The van der Waals surface area contributed by atoms with Gasteiger partial charge in [0.2, 0.25) is 5.91 Å². The molecule has 3 aromatic carbocycles. The van der Waals surface area contributed by atoms with E-state index in [1.54, 1.807) is 7.05 Å². The lowest BCUT2D eigenvalue weighted by Gasteiger charge is -2.26. The first kappa shape index (κ1) is 20.4. The van der Waals surface area contributed by atoms with Crippen molar-refractivity contribution < 1.29 is 9.59 Å². The third kappa shape index (κ3) is 5.13. The minimum Gasteiger partial charge on any atom is -0.331 e. The van der Waals surface area contributed by atoms with Crippen LogP contribution in [0.2, 0.25) is 0 Å². The molecule has 0 aromatic heterocycles. The number of amides is 3. The Morgan fingerprint density at radius 1 is 0.897 bits per heavy atom. The lowest BCUT2D eigenvalue weighted by molar-refractivity contribution is -0.116. The summed E-state index contributed by atoms with van der Waals surface area (Å²) in [7, 11) is 1.63. The Morgan fingerprint density at radius 2 is 1.55 bits per heavy atom. The maximum absolute atomic E-state index is 12.7. The standard InChI is InChI=1S/C24H27N3O2/c1-17(2)23(19-11-5-4-6-12-19)26-24(29)27(3)16-22(28)25-21-15-9-13-18-10-7-8-14-20(18)21/h4-15,17,23H,16H2,1-3H3,(H,25,28)(H,26,29). The predicted molar refractivity (Wildman–Crippen MR) is 118 cm³/mol. The van der Waals surface area contributed by atoms with Crippen molar-refractivity contribution in [2.75, 3.05) is 18.9 Å². The Kier molecular flexibility index (Phi) is 6.50. The van der Waals surface area contributed by atoms with Gasteiger partial charge in [0, 0.05) is 18.1 Å². The van der Waals surface area contributed by atoms with Gasteiger partial charge in [0.15, 0.2) is 0 Å². The van der Waals surface area contributed by atoms with E-state index in [2.05, 4.69) is 24.5 Å². The summed E-state index contributed by atoms with van der Waals surface area (Å²) in [5, 5.41) is 7.98. The molecule has 3 rings (SSSR count). The number of benzene rings is 3. The Labute approximate surface area is 171 Å². The van der Waals surface area contributed by atoms with Crippen LogP contribution in [0.25, 0.3) is 10.8 Å².